The van der Waals surface area contributed by atoms with Crippen LogP contribution in [-0.2, 0) is 12.6 Å². The van der Waals surface area contributed by atoms with E-state index >= 15 is 0 Å². The van der Waals surface area contributed by atoms with Gasteiger partial charge in [-0.25, -0.2) is 0 Å². The van der Waals surface area contributed by atoms with Crippen LogP contribution >= 0.6 is 0 Å². The molecule has 1 saturated heterocycles. The van der Waals surface area contributed by atoms with Crippen molar-refractivity contribution in [2.45, 2.75) is 31.4 Å². The monoisotopic (exact) mass is 336 g/mol. The molecule has 128 valence electrons. The van der Waals surface area contributed by atoms with Crippen LogP contribution in [0, 0.1) is 0 Å². The van der Waals surface area contributed by atoms with Crippen molar-refractivity contribution in [1.29, 1.82) is 0 Å². The third-order valence-electron chi connectivity index (χ3n) is 4.37. The summed E-state index contributed by atoms with van der Waals surface area (Å²) in [7, 11) is 0. The Bertz CT molecular complexity index is 695. The van der Waals surface area contributed by atoms with Gasteiger partial charge in [0.1, 0.15) is 5.82 Å². The Hall–Kier alpha value is -2.15. The van der Waals surface area contributed by atoms with Crippen LogP contribution in [0.2, 0.25) is 0 Å². The Morgan fingerprint density at radius 2 is 1.75 bits per heavy atom. The van der Waals surface area contributed by atoms with Crippen LogP contribution < -0.4 is 11.1 Å². The van der Waals surface area contributed by atoms with Gasteiger partial charge in [0.15, 0.2) is 0 Å². The molecule has 0 amide bonds. The van der Waals surface area contributed by atoms with Crippen molar-refractivity contribution in [2.75, 3.05) is 18.8 Å². The van der Waals surface area contributed by atoms with E-state index < -0.39 is 11.7 Å². The van der Waals surface area contributed by atoms with E-state index in [9.17, 15) is 13.2 Å². The zero-order valence-electron chi connectivity index (χ0n) is 13.1. The lowest BCUT2D eigenvalue weighted by Crippen LogP contribution is -2.29. The number of nitrogens with one attached hydrogen (secondary N) is 1. The number of alkyl halides is 3. The van der Waals surface area contributed by atoms with Gasteiger partial charge >= 0.3 is 6.18 Å². The minimum atomic E-state index is -4.51. The maximum absolute atomic E-state index is 13.8. The summed E-state index contributed by atoms with van der Waals surface area (Å²) in [5.41, 5.74) is 5.90. The normalized spacial score (nSPS) is 16.3. The fourth-order valence-electron chi connectivity index (χ4n) is 3.18. The Morgan fingerprint density at radius 1 is 1.08 bits per heavy atom. The van der Waals surface area contributed by atoms with Crippen molar-refractivity contribution in [3.63, 3.8) is 0 Å². The number of hydrogen-bond acceptors (Lipinski definition) is 4. The third kappa shape index (κ3) is 3.51. The largest absolute Gasteiger partial charge is 0.418 e. The van der Waals surface area contributed by atoms with E-state index in [1.165, 1.54) is 0 Å². The van der Waals surface area contributed by atoms with Gasteiger partial charge in [-0.2, -0.15) is 18.3 Å². The van der Waals surface area contributed by atoms with Crippen LogP contribution in [0.15, 0.2) is 30.3 Å². The molecule has 4 nitrogen and oxygen atoms in total. The summed E-state index contributed by atoms with van der Waals surface area (Å²) in [6, 6.07) is 8.97. The quantitative estimate of drug-likeness (QED) is 0.904. The summed E-state index contributed by atoms with van der Waals surface area (Å²) in [6.07, 6.45) is -3.18. The van der Waals surface area contributed by atoms with Gasteiger partial charge in [0.05, 0.1) is 11.3 Å². The molecule has 0 spiro atoms. The third-order valence-corrected chi connectivity index (χ3v) is 4.37. The molecule has 0 radical (unpaired) electrons. The molecule has 0 atom stereocenters. The smallest absolute Gasteiger partial charge is 0.382 e. The van der Waals surface area contributed by atoms with E-state index in [1.807, 2.05) is 6.07 Å². The molecule has 24 heavy (non-hydrogen) atoms. The number of aromatic nitrogens is 2. The highest BCUT2D eigenvalue weighted by Gasteiger charge is 2.40. The first-order chi connectivity index (χ1) is 11.5. The minimum Gasteiger partial charge on any atom is -0.382 e. The molecule has 0 aliphatic carbocycles. The Labute approximate surface area is 138 Å². The van der Waals surface area contributed by atoms with Crippen molar-refractivity contribution in [2.24, 2.45) is 0 Å². The number of piperidine rings is 1. The molecule has 3 N–H and O–H groups in total. The van der Waals surface area contributed by atoms with E-state index in [0.29, 0.717) is 25.9 Å². The highest BCUT2D eigenvalue weighted by Crippen LogP contribution is 2.40. The van der Waals surface area contributed by atoms with Gasteiger partial charge in [0.2, 0.25) is 0 Å². The van der Waals surface area contributed by atoms with Gasteiger partial charge in [0, 0.05) is 17.9 Å². The molecule has 0 saturated carbocycles. The van der Waals surface area contributed by atoms with Crippen LogP contribution in [0.4, 0.5) is 19.0 Å². The molecule has 3 rings (SSSR count). The number of nitrogens with zero attached hydrogens (tertiary/aromatic N) is 2. The summed E-state index contributed by atoms with van der Waals surface area (Å²) in [6.45, 7) is 1.37. The number of rotatable bonds is 3. The first-order valence-corrected chi connectivity index (χ1v) is 7.93. The second-order valence-electron chi connectivity index (χ2n) is 6.01. The SMILES string of the molecule is Nc1nnc(C2CCNCC2)c(C(F)(F)F)c1Cc1ccccc1. The van der Waals surface area contributed by atoms with Crippen LogP contribution in [0.3, 0.4) is 0 Å². The number of halogens is 3. The predicted octanol–water partition coefficient (Wildman–Crippen LogP) is 3.14. The molecule has 0 unspecified atom stereocenters. The fraction of sp³-hybridized carbons (Fsp3) is 0.412. The van der Waals surface area contributed by atoms with Crippen LogP contribution in [0.25, 0.3) is 0 Å². The summed E-state index contributed by atoms with van der Waals surface area (Å²) in [4.78, 5) is 0. The number of hydrogen-bond donors (Lipinski definition) is 2. The van der Waals surface area contributed by atoms with Crippen LogP contribution in [0.1, 0.15) is 41.1 Å². The van der Waals surface area contributed by atoms with E-state index in [2.05, 4.69) is 15.5 Å². The first-order valence-electron chi connectivity index (χ1n) is 7.93. The van der Waals surface area contributed by atoms with E-state index in [1.54, 1.807) is 24.3 Å². The van der Waals surface area contributed by atoms with E-state index in [4.69, 9.17) is 5.73 Å². The van der Waals surface area contributed by atoms with Gasteiger partial charge < -0.3 is 11.1 Å². The molecule has 1 aliphatic heterocycles. The highest BCUT2D eigenvalue weighted by molar-refractivity contribution is 5.50. The standard InChI is InChI=1S/C17H19F3N4/c18-17(19,20)14-13(10-11-4-2-1-3-5-11)16(21)24-23-15(14)12-6-8-22-9-7-12/h1-5,12,22H,6-10H2,(H2,21,24). The first kappa shape index (κ1) is 16.7. The predicted molar refractivity (Wildman–Crippen MR) is 85.5 cm³/mol. The van der Waals surface area contributed by atoms with E-state index in [0.717, 1.165) is 5.56 Å². The van der Waals surface area contributed by atoms with Gasteiger partial charge in [0.25, 0.3) is 0 Å². The van der Waals surface area contributed by atoms with Crippen molar-refractivity contribution in [3.05, 3.63) is 52.7 Å². The second-order valence-corrected chi connectivity index (χ2v) is 6.01. The molecule has 2 aromatic rings. The van der Waals surface area contributed by atoms with Gasteiger partial charge in [-0.15, -0.1) is 5.10 Å². The Morgan fingerprint density at radius 3 is 2.38 bits per heavy atom. The topological polar surface area (TPSA) is 63.8 Å². The summed E-state index contributed by atoms with van der Waals surface area (Å²) >= 11 is 0. The summed E-state index contributed by atoms with van der Waals surface area (Å²) < 4.78 is 41.4. The van der Waals surface area contributed by atoms with Crippen LogP contribution in [0.5, 0.6) is 0 Å². The molecular formula is C17H19F3N4. The van der Waals surface area contributed by atoms with Crippen molar-refractivity contribution in [1.82, 2.24) is 15.5 Å². The Kier molecular flexibility index (Phi) is 4.71. The lowest BCUT2D eigenvalue weighted by atomic mass is 9.88. The molecule has 7 heteroatoms. The molecule has 1 fully saturated rings. The second kappa shape index (κ2) is 6.76. The fourth-order valence-corrected chi connectivity index (χ4v) is 3.18. The lowest BCUT2D eigenvalue weighted by Gasteiger charge is -2.26. The average Bonchev–Trinajstić information content (AvgIpc) is 2.57. The van der Waals surface area contributed by atoms with Gasteiger partial charge in [-0.1, -0.05) is 30.3 Å². The molecule has 1 aliphatic rings. The maximum Gasteiger partial charge on any atom is 0.418 e. The zero-order valence-corrected chi connectivity index (χ0v) is 13.1. The molecular weight excluding hydrogens is 317 g/mol. The molecule has 1 aromatic heterocycles. The Balaban J connectivity index is 2.08. The summed E-state index contributed by atoms with van der Waals surface area (Å²) in [5, 5.41) is 10.8. The van der Waals surface area contributed by atoms with Crippen molar-refractivity contribution >= 4 is 5.82 Å². The van der Waals surface area contributed by atoms with Crippen LogP contribution in [-0.4, -0.2) is 23.3 Å². The van der Waals surface area contributed by atoms with Crippen molar-refractivity contribution in [3.8, 4) is 0 Å². The average molecular weight is 336 g/mol. The number of nitrogen functional groups attached to an aromatic ring is 1. The number of benzene rings is 1. The van der Waals surface area contributed by atoms with Gasteiger partial charge in [-0.05, 0) is 31.5 Å². The highest BCUT2D eigenvalue weighted by atomic mass is 19.4. The number of nitrogens with two attached hydrogens (primary N) is 1. The lowest BCUT2D eigenvalue weighted by molar-refractivity contribution is -0.139. The zero-order chi connectivity index (χ0) is 17.2. The molecule has 2 heterocycles. The number of anilines is 1. The van der Waals surface area contributed by atoms with Gasteiger partial charge in [-0.3, -0.25) is 0 Å². The summed E-state index contributed by atoms with van der Waals surface area (Å²) in [5.74, 6) is -0.394. The van der Waals surface area contributed by atoms with Crippen molar-refractivity contribution < 1.29 is 13.2 Å². The molecule has 0 bridgehead atoms. The molecule has 1 aromatic carbocycles. The minimum absolute atomic E-state index is 0.0252. The van der Waals surface area contributed by atoms with E-state index in [-0.39, 0.29) is 29.4 Å². The maximum atomic E-state index is 13.8.